The Hall–Kier alpha value is -1.59. The van der Waals surface area contributed by atoms with Gasteiger partial charge in [0.05, 0.1) is 12.2 Å². The molecule has 2 amide bonds. The van der Waals surface area contributed by atoms with Gasteiger partial charge in [0.2, 0.25) is 0 Å². The van der Waals surface area contributed by atoms with Crippen LogP contribution < -0.4 is 5.32 Å². The number of benzene rings is 1. The summed E-state index contributed by atoms with van der Waals surface area (Å²) < 4.78 is 5.78. The first-order chi connectivity index (χ1) is 12.2. The third kappa shape index (κ3) is 3.98. The van der Waals surface area contributed by atoms with Crippen molar-refractivity contribution in [3.63, 3.8) is 0 Å². The molecule has 138 valence electrons. The number of aliphatic hydroxyl groups is 1. The van der Waals surface area contributed by atoms with Gasteiger partial charge < -0.3 is 20.1 Å². The van der Waals surface area contributed by atoms with E-state index in [1.807, 2.05) is 30.0 Å². The highest BCUT2D eigenvalue weighted by Crippen LogP contribution is 2.50. The molecule has 0 aromatic heterocycles. The number of urea groups is 1. The van der Waals surface area contributed by atoms with Crippen LogP contribution in [0.4, 0.5) is 4.79 Å². The minimum absolute atomic E-state index is 0.0182. The Labute approximate surface area is 150 Å². The molecule has 1 aromatic carbocycles. The van der Waals surface area contributed by atoms with Crippen LogP contribution in [-0.4, -0.2) is 54.5 Å². The molecule has 2 atom stereocenters. The second-order valence-corrected chi connectivity index (χ2v) is 7.24. The SMILES string of the molecule is CCO[C@H]1C[C@@H](O)C12CCN(C(=O)NCCCc1ccccc1)CC2. The highest BCUT2D eigenvalue weighted by Gasteiger charge is 2.56. The number of aliphatic hydroxyl groups excluding tert-OH is 1. The fourth-order valence-electron chi connectivity index (χ4n) is 4.19. The maximum atomic E-state index is 12.3. The largest absolute Gasteiger partial charge is 0.392 e. The number of carbonyl (C=O) groups excluding carboxylic acids is 1. The van der Waals surface area contributed by atoms with E-state index in [9.17, 15) is 9.90 Å². The molecular weight excluding hydrogens is 316 g/mol. The van der Waals surface area contributed by atoms with E-state index < -0.39 is 0 Å². The number of hydrogen-bond acceptors (Lipinski definition) is 3. The maximum absolute atomic E-state index is 12.3. The molecule has 2 fully saturated rings. The van der Waals surface area contributed by atoms with Crippen molar-refractivity contribution in [3.05, 3.63) is 35.9 Å². The first-order valence-electron chi connectivity index (χ1n) is 9.52. The minimum atomic E-state index is -0.278. The number of amides is 2. The molecule has 3 rings (SSSR count). The van der Waals surface area contributed by atoms with Crippen LogP contribution in [0.3, 0.4) is 0 Å². The Kier molecular flexibility index (Phi) is 5.97. The van der Waals surface area contributed by atoms with Crippen LogP contribution >= 0.6 is 0 Å². The van der Waals surface area contributed by atoms with Crippen molar-refractivity contribution in [2.45, 2.75) is 51.2 Å². The number of hydrogen-bond donors (Lipinski definition) is 2. The Morgan fingerprint density at radius 1 is 1.32 bits per heavy atom. The van der Waals surface area contributed by atoms with Crippen molar-refractivity contribution in [1.82, 2.24) is 10.2 Å². The van der Waals surface area contributed by atoms with Gasteiger partial charge in [0.15, 0.2) is 0 Å². The second-order valence-electron chi connectivity index (χ2n) is 7.24. The summed E-state index contributed by atoms with van der Waals surface area (Å²) in [5.74, 6) is 0. The van der Waals surface area contributed by atoms with Gasteiger partial charge in [-0.2, -0.15) is 0 Å². The van der Waals surface area contributed by atoms with E-state index in [4.69, 9.17) is 4.74 Å². The van der Waals surface area contributed by atoms with Gasteiger partial charge in [-0.25, -0.2) is 4.79 Å². The lowest BCUT2D eigenvalue weighted by molar-refractivity contribution is -0.207. The number of rotatable bonds is 6. The molecule has 1 saturated heterocycles. The van der Waals surface area contributed by atoms with Crippen LogP contribution in [-0.2, 0) is 11.2 Å². The van der Waals surface area contributed by atoms with Crippen molar-refractivity contribution >= 4 is 6.03 Å². The van der Waals surface area contributed by atoms with Crippen molar-refractivity contribution in [3.8, 4) is 0 Å². The monoisotopic (exact) mass is 346 g/mol. The van der Waals surface area contributed by atoms with E-state index in [0.717, 1.165) is 32.1 Å². The molecule has 25 heavy (non-hydrogen) atoms. The molecule has 0 unspecified atom stereocenters. The predicted octanol–water partition coefficient (Wildman–Crippen LogP) is 2.58. The summed E-state index contributed by atoms with van der Waals surface area (Å²) in [6.07, 6.45) is 4.20. The summed E-state index contributed by atoms with van der Waals surface area (Å²) in [5, 5.41) is 13.3. The van der Waals surface area contributed by atoms with Crippen molar-refractivity contribution in [2.75, 3.05) is 26.2 Å². The molecule has 1 aliphatic heterocycles. The van der Waals surface area contributed by atoms with Crippen molar-refractivity contribution < 1.29 is 14.6 Å². The Balaban J connectivity index is 1.38. The number of nitrogens with zero attached hydrogens (tertiary/aromatic N) is 1. The van der Waals surface area contributed by atoms with E-state index in [0.29, 0.717) is 26.2 Å². The number of nitrogens with one attached hydrogen (secondary N) is 1. The Morgan fingerprint density at radius 3 is 2.68 bits per heavy atom. The second kappa shape index (κ2) is 8.19. The molecule has 2 N–H and O–H groups in total. The molecule has 2 aliphatic rings. The van der Waals surface area contributed by atoms with E-state index in [1.165, 1.54) is 5.56 Å². The molecule has 0 radical (unpaired) electrons. The van der Waals surface area contributed by atoms with Gasteiger partial charge >= 0.3 is 6.03 Å². The third-order valence-corrected chi connectivity index (χ3v) is 5.85. The van der Waals surface area contributed by atoms with Crippen LogP contribution in [0.25, 0.3) is 0 Å². The molecule has 1 aromatic rings. The highest BCUT2D eigenvalue weighted by molar-refractivity contribution is 5.74. The molecule has 1 spiro atoms. The van der Waals surface area contributed by atoms with E-state index in [1.54, 1.807) is 0 Å². The number of piperidine rings is 1. The third-order valence-electron chi connectivity index (χ3n) is 5.85. The van der Waals surface area contributed by atoms with Gasteiger partial charge in [-0.05, 0) is 38.2 Å². The molecule has 1 aliphatic carbocycles. The first-order valence-corrected chi connectivity index (χ1v) is 9.52. The smallest absolute Gasteiger partial charge is 0.317 e. The van der Waals surface area contributed by atoms with Crippen LogP contribution in [0.5, 0.6) is 0 Å². The summed E-state index contributed by atoms with van der Waals surface area (Å²) in [6, 6.07) is 10.4. The lowest BCUT2D eigenvalue weighted by Gasteiger charge is -2.56. The van der Waals surface area contributed by atoms with Gasteiger partial charge in [-0.15, -0.1) is 0 Å². The number of ether oxygens (including phenoxy) is 1. The highest BCUT2D eigenvalue weighted by atomic mass is 16.5. The summed E-state index contributed by atoms with van der Waals surface area (Å²) in [4.78, 5) is 14.2. The maximum Gasteiger partial charge on any atom is 0.317 e. The Morgan fingerprint density at radius 2 is 2.04 bits per heavy atom. The zero-order valence-electron chi connectivity index (χ0n) is 15.1. The molecule has 5 heteroatoms. The van der Waals surface area contributed by atoms with Crippen molar-refractivity contribution in [1.29, 1.82) is 0 Å². The normalized spacial score (nSPS) is 24.8. The molecule has 1 heterocycles. The van der Waals surface area contributed by atoms with Gasteiger partial charge in [-0.3, -0.25) is 0 Å². The molecule has 1 saturated carbocycles. The van der Waals surface area contributed by atoms with Crippen LogP contribution in [0.2, 0.25) is 0 Å². The van der Waals surface area contributed by atoms with Gasteiger partial charge in [-0.1, -0.05) is 30.3 Å². The first kappa shape index (κ1) is 18.2. The van der Waals surface area contributed by atoms with E-state index in [-0.39, 0.29) is 23.7 Å². The quantitative estimate of drug-likeness (QED) is 0.778. The number of aryl methyl sites for hydroxylation is 1. The van der Waals surface area contributed by atoms with Gasteiger partial charge in [0, 0.05) is 38.1 Å². The van der Waals surface area contributed by atoms with E-state index >= 15 is 0 Å². The average Bonchev–Trinajstić information content (AvgIpc) is 2.66. The van der Waals surface area contributed by atoms with Gasteiger partial charge in [0.25, 0.3) is 0 Å². The minimum Gasteiger partial charge on any atom is -0.392 e. The molecular formula is C20H30N2O3. The molecule has 0 bridgehead atoms. The standard InChI is InChI=1S/C20H30N2O3/c1-2-25-18-15-17(23)20(18)10-13-22(14-11-20)19(24)21-12-6-9-16-7-4-3-5-8-16/h3-5,7-8,17-18,23H,2,6,9-15H2,1H3,(H,21,24)/t17-,18+/m1/s1. The Bertz CT molecular complexity index is 553. The summed E-state index contributed by atoms with van der Waals surface area (Å²) in [7, 11) is 0. The fourth-order valence-corrected chi connectivity index (χ4v) is 4.19. The topological polar surface area (TPSA) is 61.8 Å². The van der Waals surface area contributed by atoms with Crippen LogP contribution in [0.1, 0.15) is 38.2 Å². The van der Waals surface area contributed by atoms with E-state index in [2.05, 4.69) is 17.4 Å². The summed E-state index contributed by atoms with van der Waals surface area (Å²) >= 11 is 0. The molecule has 5 nitrogen and oxygen atoms in total. The summed E-state index contributed by atoms with van der Waals surface area (Å²) in [6.45, 7) is 4.77. The van der Waals surface area contributed by atoms with Crippen LogP contribution in [0.15, 0.2) is 30.3 Å². The zero-order chi connectivity index (χ0) is 17.7. The number of likely N-dealkylation sites (tertiary alicyclic amines) is 1. The lowest BCUT2D eigenvalue weighted by Crippen LogP contribution is -2.63. The average molecular weight is 346 g/mol. The van der Waals surface area contributed by atoms with Gasteiger partial charge in [0.1, 0.15) is 0 Å². The van der Waals surface area contributed by atoms with Crippen molar-refractivity contribution in [2.24, 2.45) is 5.41 Å². The summed E-state index contributed by atoms with van der Waals surface area (Å²) in [5.41, 5.74) is 1.18. The van der Waals surface area contributed by atoms with Crippen LogP contribution in [0, 0.1) is 5.41 Å². The predicted molar refractivity (Wildman–Crippen MR) is 97.4 cm³/mol. The number of carbonyl (C=O) groups is 1. The lowest BCUT2D eigenvalue weighted by atomic mass is 9.58. The zero-order valence-corrected chi connectivity index (χ0v) is 15.1. The fraction of sp³-hybridized carbons (Fsp3) is 0.650.